The Morgan fingerprint density at radius 3 is 2.28 bits per heavy atom. The van der Waals surface area contributed by atoms with Gasteiger partial charge in [0.1, 0.15) is 11.6 Å². The molecule has 4 nitrogen and oxygen atoms in total. The molecule has 1 heterocycles. The minimum absolute atomic E-state index is 0.305. The first-order valence-corrected chi connectivity index (χ1v) is 13.5. The van der Waals surface area contributed by atoms with Crippen molar-refractivity contribution in [2.75, 3.05) is 25.6 Å². The summed E-state index contributed by atoms with van der Waals surface area (Å²) >= 11 is 1.57. The third-order valence-electron chi connectivity index (χ3n) is 6.12. The van der Waals surface area contributed by atoms with Gasteiger partial charge in [0.05, 0.1) is 18.0 Å². The van der Waals surface area contributed by atoms with E-state index in [-0.39, 0.29) is 5.82 Å². The Morgan fingerprint density at radius 2 is 1.53 bits per heavy atom. The maximum absolute atomic E-state index is 15.0. The molecule has 0 radical (unpaired) electrons. The molecule has 0 fully saturated rings. The van der Waals surface area contributed by atoms with Gasteiger partial charge >= 0.3 is 0 Å². The van der Waals surface area contributed by atoms with E-state index in [0.29, 0.717) is 11.3 Å². The van der Waals surface area contributed by atoms with E-state index in [1.54, 1.807) is 23.5 Å². The zero-order chi connectivity index (χ0) is 25.3. The highest BCUT2D eigenvalue weighted by Gasteiger charge is 2.11. The summed E-state index contributed by atoms with van der Waals surface area (Å²) in [5, 5.41) is 9.55. The van der Waals surface area contributed by atoms with Gasteiger partial charge in [-0.05, 0) is 72.5 Å². The van der Waals surface area contributed by atoms with Crippen LogP contribution in [0.15, 0.2) is 77.0 Å². The number of nitrogens with zero attached hydrogens (tertiary/aromatic N) is 3. The number of anilines is 1. The Morgan fingerprint density at radius 1 is 0.806 bits per heavy atom. The summed E-state index contributed by atoms with van der Waals surface area (Å²) in [5.74, 6) is 0.569. The molecule has 188 valence electrons. The van der Waals surface area contributed by atoms with Crippen LogP contribution in [-0.2, 0) is 0 Å². The highest BCUT2D eigenvalue weighted by molar-refractivity contribution is 7.22. The summed E-state index contributed by atoms with van der Waals surface area (Å²) in [6, 6.07) is 20.9. The smallest absolute Gasteiger partial charge is 0.134 e. The quantitative estimate of drug-likeness (QED) is 0.142. The monoisotopic (exact) mass is 503 g/mol. The summed E-state index contributed by atoms with van der Waals surface area (Å²) in [6.45, 7) is 2.97. The van der Waals surface area contributed by atoms with Crippen LogP contribution in [0.5, 0.6) is 5.75 Å². The number of hydrogen-bond donors (Lipinski definition) is 0. The van der Waals surface area contributed by atoms with Crippen LogP contribution < -0.4 is 9.64 Å². The number of azo groups is 1. The van der Waals surface area contributed by atoms with Crippen LogP contribution in [0.3, 0.4) is 0 Å². The molecule has 4 aromatic rings. The SMILES string of the molecule is CCCCCCCCOc1ccc2cc(-c3ccc(N=Nc4ccc(N(C)C)cc4)cc3F)sc2c1. The van der Waals surface area contributed by atoms with Crippen molar-refractivity contribution < 1.29 is 9.13 Å². The summed E-state index contributed by atoms with van der Waals surface area (Å²) in [5.41, 5.74) is 2.87. The van der Waals surface area contributed by atoms with Crippen LogP contribution in [0.25, 0.3) is 20.5 Å². The molecule has 6 heteroatoms. The minimum atomic E-state index is -0.305. The summed E-state index contributed by atoms with van der Waals surface area (Å²) in [7, 11) is 3.98. The van der Waals surface area contributed by atoms with E-state index in [0.717, 1.165) is 45.1 Å². The van der Waals surface area contributed by atoms with Crippen molar-refractivity contribution in [3.8, 4) is 16.2 Å². The topological polar surface area (TPSA) is 37.2 Å². The fourth-order valence-electron chi connectivity index (χ4n) is 4.01. The molecule has 0 amide bonds. The molecule has 0 saturated carbocycles. The summed E-state index contributed by atoms with van der Waals surface area (Å²) in [4.78, 5) is 2.91. The normalized spacial score (nSPS) is 11.4. The zero-order valence-corrected chi connectivity index (χ0v) is 22.2. The van der Waals surface area contributed by atoms with Gasteiger partial charge in [-0.3, -0.25) is 0 Å². The molecule has 0 aliphatic carbocycles. The lowest BCUT2D eigenvalue weighted by Gasteiger charge is -2.11. The second kappa shape index (κ2) is 12.6. The van der Waals surface area contributed by atoms with E-state index in [1.165, 1.54) is 38.2 Å². The van der Waals surface area contributed by atoms with Crippen LogP contribution in [0, 0.1) is 5.82 Å². The van der Waals surface area contributed by atoms with Crippen molar-refractivity contribution in [2.24, 2.45) is 10.2 Å². The molecule has 0 aliphatic rings. The highest BCUT2D eigenvalue weighted by atomic mass is 32.1. The molecule has 0 atom stereocenters. The lowest BCUT2D eigenvalue weighted by molar-refractivity contribution is 0.305. The van der Waals surface area contributed by atoms with E-state index in [4.69, 9.17) is 4.74 Å². The Bertz CT molecular complexity index is 1300. The fourth-order valence-corrected chi connectivity index (χ4v) is 5.12. The molecule has 0 spiro atoms. The number of benzene rings is 3. The van der Waals surface area contributed by atoms with Gasteiger partial charge in [0, 0.05) is 41.0 Å². The summed E-state index contributed by atoms with van der Waals surface area (Å²) in [6.07, 6.45) is 7.46. The van der Waals surface area contributed by atoms with Gasteiger partial charge in [0.15, 0.2) is 0 Å². The van der Waals surface area contributed by atoms with Crippen molar-refractivity contribution >= 4 is 38.5 Å². The number of rotatable bonds is 12. The van der Waals surface area contributed by atoms with Gasteiger partial charge < -0.3 is 9.64 Å². The van der Waals surface area contributed by atoms with Gasteiger partial charge in [-0.15, -0.1) is 11.3 Å². The molecule has 36 heavy (non-hydrogen) atoms. The van der Waals surface area contributed by atoms with Crippen LogP contribution in [-0.4, -0.2) is 20.7 Å². The number of thiophene rings is 1. The molecule has 0 N–H and O–H groups in total. The first-order valence-electron chi connectivity index (χ1n) is 12.7. The van der Waals surface area contributed by atoms with Crippen molar-refractivity contribution in [1.29, 1.82) is 0 Å². The third kappa shape index (κ3) is 6.91. The second-order valence-corrected chi connectivity index (χ2v) is 10.3. The first-order chi connectivity index (χ1) is 17.5. The van der Waals surface area contributed by atoms with E-state index < -0.39 is 0 Å². The average molecular weight is 504 g/mol. The van der Waals surface area contributed by atoms with Gasteiger partial charge in [0.25, 0.3) is 0 Å². The van der Waals surface area contributed by atoms with Gasteiger partial charge in [-0.2, -0.15) is 10.2 Å². The number of ether oxygens (including phenoxy) is 1. The zero-order valence-electron chi connectivity index (χ0n) is 21.3. The van der Waals surface area contributed by atoms with E-state index >= 15 is 4.39 Å². The highest BCUT2D eigenvalue weighted by Crippen LogP contribution is 2.37. The Kier molecular flexibility index (Phi) is 9.06. The molecule has 3 aromatic carbocycles. The lowest BCUT2D eigenvalue weighted by Crippen LogP contribution is -2.07. The molecule has 0 bridgehead atoms. The molecular weight excluding hydrogens is 469 g/mol. The number of hydrogen-bond acceptors (Lipinski definition) is 5. The van der Waals surface area contributed by atoms with Crippen molar-refractivity contribution in [3.05, 3.63) is 72.5 Å². The Balaban J connectivity index is 1.39. The Labute approximate surface area is 217 Å². The minimum Gasteiger partial charge on any atom is -0.494 e. The number of fused-ring (bicyclic) bond motifs is 1. The maximum Gasteiger partial charge on any atom is 0.134 e. The molecule has 0 aliphatic heterocycles. The standard InChI is InChI=1S/C30H34FN3OS/c1-4-5-6-7-8-9-18-35-26-16-10-22-19-30(36-29(22)21-26)27-17-13-24(20-28(27)31)33-32-23-11-14-25(15-12-23)34(2)3/h10-17,19-21H,4-9,18H2,1-3H3. The molecule has 4 rings (SSSR count). The third-order valence-corrected chi connectivity index (χ3v) is 7.25. The van der Waals surface area contributed by atoms with Crippen molar-refractivity contribution in [2.45, 2.75) is 45.4 Å². The number of halogens is 1. The van der Waals surface area contributed by atoms with Gasteiger partial charge in [-0.25, -0.2) is 4.39 Å². The average Bonchev–Trinajstić information content (AvgIpc) is 3.30. The summed E-state index contributed by atoms with van der Waals surface area (Å²) < 4.78 is 22.1. The first kappa shape index (κ1) is 25.8. The van der Waals surface area contributed by atoms with E-state index in [9.17, 15) is 0 Å². The predicted molar refractivity (Wildman–Crippen MR) is 151 cm³/mol. The van der Waals surface area contributed by atoms with Crippen molar-refractivity contribution in [3.63, 3.8) is 0 Å². The van der Waals surface area contributed by atoms with E-state index in [2.05, 4.69) is 23.2 Å². The molecular formula is C30H34FN3OS. The van der Waals surface area contributed by atoms with Crippen LogP contribution in [0.4, 0.5) is 21.5 Å². The second-order valence-electron chi connectivity index (χ2n) is 9.20. The van der Waals surface area contributed by atoms with Crippen LogP contribution in [0.1, 0.15) is 45.4 Å². The van der Waals surface area contributed by atoms with Crippen LogP contribution >= 0.6 is 11.3 Å². The Hall–Kier alpha value is -3.25. The predicted octanol–water partition coefficient (Wildman–Crippen LogP) is 9.93. The number of unbranched alkanes of at least 4 members (excludes halogenated alkanes) is 5. The maximum atomic E-state index is 15.0. The fraction of sp³-hybridized carbons (Fsp3) is 0.333. The van der Waals surface area contributed by atoms with Crippen LogP contribution in [0.2, 0.25) is 0 Å². The van der Waals surface area contributed by atoms with Gasteiger partial charge in [0.2, 0.25) is 0 Å². The molecule has 0 unspecified atom stereocenters. The van der Waals surface area contributed by atoms with Gasteiger partial charge in [-0.1, -0.05) is 39.0 Å². The van der Waals surface area contributed by atoms with E-state index in [1.807, 2.05) is 61.5 Å². The van der Waals surface area contributed by atoms with Crippen molar-refractivity contribution in [1.82, 2.24) is 0 Å². The lowest BCUT2D eigenvalue weighted by atomic mass is 10.1. The largest absolute Gasteiger partial charge is 0.494 e. The molecule has 1 aromatic heterocycles. The molecule has 0 saturated heterocycles.